The van der Waals surface area contributed by atoms with Crippen molar-refractivity contribution in [3.8, 4) is 5.75 Å². The minimum absolute atomic E-state index is 0.0545. The van der Waals surface area contributed by atoms with Gasteiger partial charge in [-0.25, -0.2) is 14.2 Å². The Kier molecular flexibility index (Phi) is 5.38. The van der Waals surface area contributed by atoms with Gasteiger partial charge in [0.15, 0.2) is 0 Å². The van der Waals surface area contributed by atoms with Crippen LogP contribution in [0, 0.1) is 5.82 Å². The number of anilines is 2. The number of urea groups is 1. The predicted octanol–water partition coefficient (Wildman–Crippen LogP) is 4.06. The SMILES string of the molecule is O=C(Nc1ccc(F)cc1)Nc1ccccc1OCc1cc(=O)n2ccccc2n1. The summed E-state index contributed by atoms with van der Waals surface area (Å²) in [7, 11) is 0. The molecule has 0 aliphatic rings. The van der Waals surface area contributed by atoms with Crippen LogP contribution in [0.5, 0.6) is 5.75 Å². The average molecular weight is 404 g/mol. The maximum Gasteiger partial charge on any atom is 0.323 e. The Hall–Kier alpha value is -4.20. The average Bonchev–Trinajstić information content (AvgIpc) is 2.75. The molecule has 7 nitrogen and oxygen atoms in total. The molecule has 4 rings (SSSR count). The van der Waals surface area contributed by atoms with Gasteiger partial charge in [-0.05, 0) is 48.5 Å². The monoisotopic (exact) mass is 404 g/mol. The van der Waals surface area contributed by atoms with Crippen molar-refractivity contribution in [2.45, 2.75) is 6.61 Å². The number of amides is 2. The first kappa shape index (κ1) is 19.1. The van der Waals surface area contributed by atoms with Crippen molar-refractivity contribution >= 4 is 23.1 Å². The molecule has 30 heavy (non-hydrogen) atoms. The number of hydrogen-bond acceptors (Lipinski definition) is 4. The number of fused-ring (bicyclic) bond motifs is 1. The van der Waals surface area contributed by atoms with E-state index in [2.05, 4.69) is 15.6 Å². The highest BCUT2D eigenvalue weighted by molar-refractivity contribution is 6.00. The van der Waals surface area contributed by atoms with E-state index >= 15 is 0 Å². The fourth-order valence-electron chi connectivity index (χ4n) is 2.84. The molecule has 2 aromatic carbocycles. The van der Waals surface area contributed by atoms with Gasteiger partial charge in [-0.15, -0.1) is 0 Å². The Labute approximate surface area is 170 Å². The highest BCUT2D eigenvalue weighted by atomic mass is 19.1. The molecule has 0 atom stereocenters. The molecular weight excluding hydrogens is 387 g/mol. The summed E-state index contributed by atoms with van der Waals surface area (Å²) < 4.78 is 20.2. The van der Waals surface area contributed by atoms with Gasteiger partial charge in [0, 0.05) is 18.0 Å². The lowest BCUT2D eigenvalue weighted by Crippen LogP contribution is -2.20. The van der Waals surface area contributed by atoms with Gasteiger partial charge in [0.25, 0.3) is 5.56 Å². The predicted molar refractivity (Wildman–Crippen MR) is 111 cm³/mol. The zero-order valence-electron chi connectivity index (χ0n) is 15.7. The van der Waals surface area contributed by atoms with Gasteiger partial charge in [-0.3, -0.25) is 9.20 Å². The van der Waals surface area contributed by atoms with Crippen LogP contribution in [0.15, 0.2) is 83.8 Å². The third-order valence-corrected chi connectivity index (χ3v) is 4.24. The van der Waals surface area contributed by atoms with Crippen molar-refractivity contribution < 1.29 is 13.9 Å². The van der Waals surface area contributed by atoms with Crippen LogP contribution in [0.3, 0.4) is 0 Å². The van der Waals surface area contributed by atoms with Crippen LogP contribution < -0.4 is 20.9 Å². The lowest BCUT2D eigenvalue weighted by atomic mass is 10.3. The van der Waals surface area contributed by atoms with E-state index in [0.29, 0.717) is 28.5 Å². The van der Waals surface area contributed by atoms with Crippen LogP contribution in [0.4, 0.5) is 20.6 Å². The van der Waals surface area contributed by atoms with E-state index in [1.54, 1.807) is 48.7 Å². The van der Waals surface area contributed by atoms with Crippen molar-refractivity contribution in [1.82, 2.24) is 9.38 Å². The summed E-state index contributed by atoms with van der Waals surface area (Å²) in [6.07, 6.45) is 1.65. The summed E-state index contributed by atoms with van der Waals surface area (Å²) in [5.74, 6) is 0.0310. The Morgan fingerprint density at radius 3 is 2.60 bits per heavy atom. The normalized spacial score (nSPS) is 10.6. The van der Waals surface area contributed by atoms with E-state index in [-0.39, 0.29) is 18.0 Å². The molecule has 0 radical (unpaired) electrons. The van der Waals surface area contributed by atoms with Crippen molar-refractivity contribution in [3.05, 3.63) is 101 Å². The number of halogens is 1. The molecule has 0 aliphatic carbocycles. The standard InChI is InChI=1S/C22H17FN4O3/c23-15-8-10-16(11-9-15)25-22(29)26-18-5-1-2-6-19(18)30-14-17-13-21(28)27-12-4-3-7-20(27)24-17/h1-13H,14H2,(H2,25,26,29). The molecule has 0 saturated carbocycles. The van der Waals surface area contributed by atoms with E-state index in [1.165, 1.54) is 34.7 Å². The lowest BCUT2D eigenvalue weighted by Gasteiger charge is -2.13. The number of aromatic nitrogens is 2. The van der Waals surface area contributed by atoms with Crippen LogP contribution in [-0.4, -0.2) is 15.4 Å². The van der Waals surface area contributed by atoms with Crippen LogP contribution in [0.2, 0.25) is 0 Å². The third kappa shape index (κ3) is 4.44. The number of rotatable bonds is 5. The van der Waals surface area contributed by atoms with Gasteiger partial charge in [0.05, 0.1) is 11.4 Å². The minimum Gasteiger partial charge on any atom is -0.485 e. The largest absolute Gasteiger partial charge is 0.485 e. The zero-order chi connectivity index (χ0) is 20.9. The van der Waals surface area contributed by atoms with Crippen molar-refractivity contribution in [2.75, 3.05) is 10.6 Å². The molecular formula is C22H17FN4O3. The molecule has 0 unspecified atom stereocenters. The zero-order valence-corrected chi connectivity index (χ0v) is 15.7. The van der Waals surface area contributed by atoms with Gasteiger partial charge in [0.1, 0.15) is 23.8 Å². The Bertz CT molecular complexity index is 1260. The summed E-state index contributed by atoms with van der Waals surface area (Å²) in [5, 5.41) is 5.31. The number of pyridine rings is 1. The number of carbonyl (C=O) groups excluding carboxylic acids is 1. The number of ether oxygens (including phenoxy) is 1. The quantitative estimate of drug-likeness (QED) is 0.525. The van der Waals surface area contributed by atoms with Crippen molar-refractivity contribution in [2.24, 2.45) is 0 Å². The molecule has 0 aliphatic heterocycles. The van der Waals surface area contributed by atoms with Gasteiger partial charge >= 0.3 is 6.03 Å². The number of carbonyl (C=O) groups is 1. The number of nitrogens with zero attached hydrogens (tertiary/aromatic N) is 2. The molecule has 2 amide bonds. The summed E-state index contributed by atoms with van der Waals surface area (Å²) in [4.78, 5) is 28.9. The Morgan fingerprint density at radius 2 is 1.77 bits per heavy atom. The Balaban J connectivity index is 1.46. The number of benzene rings is 2. The molecule has 150 valence electrons. The number of para-hydroxylation sites is 2. The topological polar surface area (TPSA) is 84.7 Å². The molecule has 2 heterocycles. The van der Waals surface area contributed by atoms with E-state index in [9.17, 15) is 14.0 Å². The van der Waals surface area contributed by atoms with Gasteiger partial charge in [-0.1, -0.05) is 18.2 Å². The van der Waals surface area contributed by atoms with Crippen LogP contribution in [0.25, 0.3) is 5.65 Å². The van der Waals surface area contributed by atoms with E-state index < -0.39 is 6.03 Å². The summed E-state index contributed by atoms with van der Waals surface area (Å²) in [6, 6.07) is 18.5. The second-order valence-corrected chi connectivity index (χ2v) is 6.39. The van der Waals surface area contributed by atoms with Crippen LogP contribution in [-0.2, 0) is 6.61 Å². The van der Waals surface area contributed by atoms with Crippen LogP contribution >= 0.6 is 0 Å². The van der Waals surface area contributed by atoms with Gasteiger partial charge in [-0.2, -0.15) is 0 Å². The van der Waals surface area contributed by atoms with E-state index in [0.717, 1.165) is 0 Å². The highest BCUT2D eigenvalue weighted by Crippen LogP contribution is 2.25. The smallest absolute Gasteiger partial charge is 0.323 e. The summed E-state index contributed by atoms with van der Waals surface area (Å²) in [6.45, 7) is 0.0545. The second kappa shape index (κ2) is 8.44. The lowest BCUT2D eigenvalue weighted by molar-refractivity contribution is 0.261. The van der Waals surface area contributed by atoms with E-state index in [4.69, 9.17) is 4.74 Å². The molecule has 0 spiro atoms. The molecule has 8 heteroatoms. The molecule has 2 aromatic heterocycles. The van der Waals surface area contributed by atoms with Gasteiger partial charge < -0.3 is 15.4 Å². The molecule has 0 saturated heterocycles. The first-order chi connectivity index (χ1) is 14.6. The van der Waals surface area contributed by atoms with Crippen LogP contribution in [0.1, 0.15) is 5.69 Å². The van der Waals surface area contributed by atoms with Crippen molar-refractivity contribution in [3.63, 3.8) is 0 Å². The highest BCUT2D eigenvalue weighted by Gasteiger charge is 2.09. The van der Waals surface area contributed by atoms with E-state index in [1.807, 2.05) is 0 Å². The first-order valence-electron chi connectivity index (χ1n) is 9.11. The number of nitrogens with one attached hydrogen (secondary N) is 2. The Morgan fingerprint density at radius 1 is 1.00 bits per heavy atom. The first-order valence-corrected chi connectivity index (χ1v) is 9.11. The molecule has 0 fully saturated rings. The maximum absolute atomic E-state index is 13.0. The third-order valence-electron chi connectivity index (χ3n) is 4.24. The molecule has 4 aromatic rings. The maximum atomic E-state index is 13.0. The molecule has 2 N–H and O–H groups in total. The molecule has 0 bridgehead atoms. The summed E-state index contributed by atoms with van der Waals surface area (Å²) in [5.41, 5.74) is 1.68. The van der Waals surface area contributed by atoms with Crippen molar-refractivity contribution in [1.29, 1.82) is 0 Å². The minimum atomic E-state index is -0.500. The summed E-state index contributed by atoms with van der Waals surface area (Å²) >= 11 is 0. The number of hydrogen-bond donors (Lipinski definition) is 2. The fourth-order valence-corrected chi connectivity index (χ4v) is 2.84. The van der Waals surface area contributed by atoms with Gasteiger partial charge in [0.2, 0.25) is 0 Å². The second-order valence-electron chi connectivity index (χ2n) is 6.39. The fraction of sp³-hybridized carbons (Fsp3) is 0.0455.